The minimum Gasteiger partial charge on any atom is -0.459 e. The third-order valence-electron chi connectivity index (χ3n) is 6.46. The van der Waals surface area contributed by atoms with Crippen molar-refractivity contribution in [2.24, 2.45) is 22.7 Å². The molecule has 0 N–H and O–H groups in total. The van der Waals surface area contributed by atoms with Crippen LogP contribution in [0.3, 0.4) is 0 Å². The largest absolute Gasteiger partial charge is 0.459 e. The molecule has 0 radical (unpaired) electrons. The minimum absolute atomic E-state index is 0.0518. The Morgan fingerprint density at radius 2 is 1.74 bits per heavy atom. The van der Waals surface area contributed by atoms with Crippen LogP contribution in [-0.4, -0.2) is 17.4 Å². The van der Waals surface area contributed by atoms with E-state index in [-0.39, 0.29) is 28.3 Å². The van der Waals surface area contributed by atoms with Gasteiger partial charge in [0.2, 0.25) is 0 Å². The second-order valence-corrected chi connectivity index (χ2v) is 7.79. The third kappa shape index (κ3) is 1.56. The Bertz CT molecular complexity index is 449. The minimum atomic E-state index is -0.293. The smallest absolute Gasteiger partial charge is 0.306 e. The van der Waals surface area contributed by atoms with Crippen LogP contribution in [0.25, 0.3) is 0 Å². The van der Waals surface area contributed by atoms with Crippen LogP contribution in [0.1, 0.15) is 59.8 Å². The third-order valence-corrected chi connectivity index (χ3v) is 6.46. The molecule has 3 heteroatoms. The lowest BCUT2D eigenvalue weighted by atomic mass is 9.45. The molecule has 0 unspecified atom stereocenters. The Morgan fingerprint density at radius 1 is 1.05 bits per heavy atom. The van der Waals surface area contributed by atoms with Crippen molar-refractivity contribution in [2.75, 3.05) is 0 Å². The number of Topliss-reactive ketones (excluding diaryl/α,β-unsaturated/α-hetero) is 1. The van der Waals surface area contributed by atoms with Crippen LogP contribution < -0.4 is 0 Å². The van der Waals surface area contributed by atoms with Gasteiger partial charge in [-0.25, -0.2) is 0 Å². The van der Waals surface area contributed by atoms with Crippen molar-refractivity contribution in [3.63, 3.8) is 0 Å². The fourth-order valence-electron chi connectivity index (χ4n) is 5.35. The summed E-state index contributed by atoms with van der Waals surface area (Å²) in [5, 5.41) is 0. The summed E-state index contributed by atoms with van der Waals surface area (Å²) in [6, 6.07) is 0. The molecule has 1 aliphatic heterocycles. The van der Waals surface area contributed by atoms with Gasteiger partial charge in [0, 0.05) is 17.8 Å². The first-order chi connectivity index (χ1) is 8.70. The number of ether oxygens (including phenoxy) is 1. The molecule has 2 saturated carbocycles. The summed E-state index contributed by atoms with van der Waals surface area (Å²) in [7, 11) is 0. The van der Waals surface area contributed by atoms with E-state index in [0.29, 0.717) is 24.5 Å². The van der Waals surface area contributed by atoms with Gasteiger partial charge in [0.25, 0.3) is 0 Å². The topological polar surface area (TPSA) is 43.4 Å². The zero-order valence-corrected chi connectivity index (χ0v) is 12.4. The normalized spacial score (nSPS) is 48.4. The molecule has 0 aromatic heterocycles. The maximum Gasteiger partial charge on any atom is 0.306 e. The lowest BCUT2D eigenvalue weighted by Gasteiger charge is -2.58. The highest BCUT2D eigenvalue weighted by molar-refractivity contribution is 5.85. The Kier molecular flexibility index (Phi) is 2.50. The van der Waals surface area contributed by atoms with E-state index in [1.807, 2.05) is 0 Å². The molecule has 1 saturated heterocycles. The van der Waals surface area contributed by atoms with Gasteiger partial charge in [-0.15, -0.1) is 0 Å². The van der Waals surface area contributed by atoms with Gasteiger partial charge in [0.05, 0.1) is 6.42 Å². The summed E-state index contributed by atoms with van der Waals surface area (Å²) in [4.78, 5) is 24.0. The van der Waals surface area contributed by atoms with E-state index in [2.05, 4.69) is 27.7 Å². The van der Waals surface area contributed by atoms with E-state index in [4.69, 9.17) is 4.74 Å². The lowest BCUT2D eigenvalue weighted by molar-refractivity contribution is -0.171. The van der Waals surface area contributed by atoms with Crippen molar-refractivity contribution < 1.29 is 14.3 Å². The Labute approximate surface area is 115 Å². The number of fused-ring (bicyclic) bond motifs is 3. The summed E-state index contributed by atoms with van der Waals surface area (Å²) in [5.74, 6) is 1.00. The maximum atomic E-state index is 12.3. The quantitative estimate of drug-likeness (QED) is 0.631. The van der Waals surface area contributed by atoms with E-state index in [0.717, 1.165) is 19.3 Å². The Morgan fingerprint density at radius 3 is 2.42 bits per heavy atom. The number of rotatable bonds is 0. The predicted molar refractivity (Wildman–Crippen MR) is 71.5 cm³/mol. The fraction of sp³-hybridized carbons (Fsp3) is 0.875. The van der Waals surface area contributed by atoms with Crippen molar-refractivity contribution in [2.45, 2.75) is 65.4 Å². The van der Waals surface area contributed by atoms with Crippen molar-refractivity contribution in [1.29, 1.82) is 0 Å². The zero-order chi connectivity index (χ0) is 14.1. The Hall–Kier alpha value is -0.860. The molecule has 106 valence electrons. The monoisotopic (exact) mass is 264 g/mol. The standard InChI is InChI=1S/C16H24O3/c1-14(2)10-5-8-16(4)11(9-13(18)19-16)15(10,3)7-6-12(14)17/h10-11H,5-9H2,1-4H3/t10-,11+,15-,16+/m1/s1. The van der Waals surface area contributed by atoms with E-state index in [9.17, 15) is 9.59 Å². The van der Waals surface area contributed by atoms with Crippen LogP contribution in [0.2, 0.25) is 0 Å². The van der Waals surface area contributed by atoms with Gasteiger partial charge in [-0.2, -0.15) is 0 Å². The first-order valence-corrected chi connectivity index (χ1v) is 7.45. The number of carbonyl (C=O) groups is 2. The second kappa shape index (κ2) is 3.62. The molecule has 0 aromatic rings. The molecule has 3 rings (SSSR count). The summed E-state index contributed by atoms with van der Waals surface area (Å²) in [6.07, 6.45) is 4.00. The molecular weight excluding hydrogens is 240 g/mol. The number of hydrogen-bond donors (Lipinski definition) is 0. The molecule has 4 atom stereocenters. The highest BCUT2D eigenvalue weighted by Crippen LogP contribution is 2.64. The van der Waals surface area contributed by atoms with Crippen molar-refractivity contribution in [3.05, 3.63) is 0 Å². The van der Waals surface area contributed by atoms with Gasteiger partial charge in [-0.3, -0.25) is 9.59 Å². The first-order valence-electron chi connectivity index (χ1n) is 7.45. The van der Waals surface area contributed by atoms with Crippen molar-refractivity contribution >= 4 is 11.8 Å². The van der Waals surface area contributed by atoms with Crippen LogP contribution in [0, 0.1) is 22.7 Å². The van der Waals surface area contributed by atoms with Crippen LogP contribution in [0.4, 0.5) is 0 Å². The molecule has 0 bridgehead atoms. The average Bonchev–Trinajstić information content (AvgIpc) is 2.61. The molecule has 3 aliphatic rings. The number of carbonyl (C=O) groups excluding carboxylic acids is 2. The van der Waals surface area contributed by atoms with Crippen LogP contribution in [-0.2, 0) is 14.3 Å². The second-order valence-electron chi connectivity index (χ2n) is 7.79. The molecule has 0 amide bonds. The van der Waals surface area contributed by atoms with E-state index in [1.54, 1.807) is 0 Å². The van der Waals surface area contributed by atoms with E-state index in [1.165, 1.54) is 0 Å². The summed E-state index contributed by atoms with van der Waals surface area (Å²) in [6.45, 7) is 8.57. The molecule has 3 fully saturated rings. The number of ketones is 1. The first kappa shape index (κ1) is 13.1. The predicted octanol–water partition coefficient (Wildman–Crippen LogP) is 3.11. The molecule has 0 spiro atoms. The fourth-order valence-corrected chi connectivity index (χ4v) is 5.35. The van der Waals surface area contributed by atoms with Gasteiger partial charge in [0.15, 0.2) is 0 Å². The average molecular weight is 264 g/mol. The van der Waals surface area contributed by atoms with Crippen molar-refractivity contribution in [1.82, 2.24) is 0 Å². The van der Waals surface area contributed by atoms with Gasteiger partial charge >= 0.3 is 5.97 Å². The van der Waals surface area contributed by atoms with Gasteiger partial charge < -0.3 is 4.74 Å². The van der Waals surface area contributed by atoms with E-state index < -0.39 is 0 Å². The van der Waals surface area contributed by atoms with E-state index >= 15 is 0 Å². The maximum absolute atomic E-state index is 12.3. The van der Waals surface area contributed by atoms with Crippen LogP contribution >= 0.6 is 0 Å². The van der Waals surface area contributed by atoms with Crippen molar-refractivity contribution in [3.8, 4) is 0 Å². The highest BCUT2D eigenvalue weighted by atomic mass is 16.6. The van der Waals surface area contributed by atoms with Gasteiger partial charge in [-0.05, 0) is 37.5 Å². The molecular formula is C16H24O3. The summed E-state index contributed by atoms with van der Waals surface area (Å²) >= 11 is 0. The zero-order valence-electron chi connectivity index (χ0n) is 12.4. The number of esters is 1. The molecule has 19 heavy (non-hydrogen) atoms. The lowest BCUT2D eigenvalue weighted by Crippen LogP contribution is -2.58. The van der Waals surface area contributed by atoms with Gasteiger partial charge in [-0.1, -0.05) is 20.8 Å². The summed E-state index contributed by atoms with van der Waals surface area (Å²) < 4.78 is 5.64. The highest BCUT2D eigenvalue weighted by Gasteiger charge is 2.64. The molecule has 3 nitrogen and oxygen atoms in total. The van der Waals surface area contributed by atoms with Crippen LogP contribution in [0.15, 0.2) is 0 Å². The number of hydrogen-bond acceptors (Lipinski definition) is 3. The van der Waals surface area contributed by atoms with Gasteiger partial charge in [0.1, 0.15) is 11.4 Å². The molecule has 1 heterocycles. The van der Waals surface area contributed by atoms with Crippen LogP contribution in [0.5, 0.6) is 0 Å². The molecule has 0 aromatic carbocycles. The summed E-state index contributed by atoms with van der Waals surface area (Å²) in [5.41, 5.74) is -0.477. The Balaban J connectivity index is 2.03. The SMILES string of the molecule is CC1(C)C(=O)CC[C@]2(C)[C@@H]1CC[C@]1(C)OC(=O)C[C@@H]21. The molecule has 2 aliphatic carbocycles.